The normalized spacial score (nSPS) is 25.5. The highest BCUT2D eigenvalue weighted by atomic mass is 32.1. The Morgan fingerprint density at radius 3 is 2.95 bits per heavy atom. The molecule has 0 radical (unpaired) electrons. The summed E-state index contributed by atoms with van der Waals surface area (Å²) in [6, 6.07) is 0.305. The van der Waals surface area contributed by atoms with Crippen molar-refractivity contribution in [2.24, 2.45) is 5.92 Å². The van der Waals surface area contributed by atoms with Crippen molar-refractivity contribution in [2.45, 2.75) is 57.9 Å². The summed E-state index contributed by atoms with van der Waals surface area (Å²) in [5, 5.41) is 5.78. The molecule has 1 aliphatic heterocycles. The monoisotopic (exact) mass is 321 g/mol. The van der Waals surface area contributed by atoms with Crippen LogP contribution >= 0.6 is 11.3 Å². The molecule has 0 spiro atoms. The van der Waals surface area contributed by atoms with Crippen molar-refractivity contribution >= 4 is 28.3 Å². The zero-order valence-corrected chi connectivity index (χ0v) is 13.8. The van der Waals surface area contributed by atoms with Crippen molar-refractivity contribution in [2.75, 3.05) is 11.4 Å². The lowest BCUT2D eigenvalue weighted by Gasteiger charge is -2.29. The lowest BCUT2D eigenvalue weighted by molar-refractivity contribution is -0.121. The van der Waals surface area contributed by atoms with Gasteiger partial charge in [-0.1, -0.05) is 19.8 Å². The molecule has 1 N–H and O–H groups in total. The van der Waals surface area contributed by atoms with Gasteiger partial charge in [0.1, 0.15) is 0 Å². The van der Waals surface area contributed by atoms with Crippen LogP contribution in [0.5, 0.6) is 0 Å². The van der Waals surface area contributed by atoms with E-state index in [1.807, 2.05) is 5.38 Å². The van der Waals surface area contributed by atoms with Crippen molar-refractivity contribution < 1.29 is 9.59 Å². The van der Waals surface area contributed by atoms with E-state index in [9.17, 15) is 9.59 Å². The highest BCUT2D eigenvalue weighted by Crippen LogP contribution is 2.26. The van der Waals surface area contributed by atoms with Crippen molar-refractivity contribution in [3.63, 3.8) is 0 Å². The minimum atomic E-state index is 0.0448. The fourth-order valence-electron chi connectivity index (χ4n) is 3.30. The van der Waals surface area contributed by atoms with E-state index in [1.165, 1.54) is 30.6 Å². The molecule has 1 aromatic heterocycles. The number of nitrogens with zero attached hydrogens (tertiary/aromatic N) is 2. The molecular formula is C16H23N3O2S. The third-order valence-corrected chi connectivity index (χ3v) is 5.56. The van der Waals surface area contributed by atoms with Crippen LogP contribution in [0.4, 0.5) is 5.13 Å². The number of thiazole rings is 1. The fraction of sp³-hybridized carbons (Fsp3) is 0.688. The number of hydrogen-bond donors (Lipinski definition) is 1. The van der Waals surface area contributed by atoms with Gasteiger partial charge in [-0.2, -0.15) is 0 Å². The second-order valence-corrected chi connectivity index (χ2v) is 7.22. The molecule has 2 atom stereocenters. The number of aromatic nitrogens is 1. The summed E-state index contributed by atoms with van der Waals surface area (Å²) < 4.78 is 0. The van der Waals surface area contributed by atoms with Gasteiger partial charge in [-0.3, -0.25) is 14.5 Å². The SMILES string of the molecule is C[C@H]1CCCC[C@H]1NC(=O)Cc1csc(N2CCCC2=O)n1. The van der Waals surface area contributed by atoms with E-state index >= 15 is 0 Å². The third-order valence-electron chi connectivity index (χ3n) is 4.64. The van der Waals surface area contributed by atoms with E-state index in [0.29, 0.717) is 24.8 Å². The van der Waals surface area contributed by atoms with E-state index in [2.05, 4.69) is 17.2 Å². The number of anilines is 1. The molecule has 1 aromatic rings. The predicted molar refractivity (Wildman–Crippen MR) is 87.0 cm³/mol. The van der Waals surface area contributed by atoms with Gasteiger partial charge in [0.2, 0.25) is 11.8 Å². The highest BCUT2D eigenvalue weighted by Gasteiger charge is 2.25. The molecule has 5 nitrogen and oxygen atoms in total. The Labute approximate surface area is 135 Å². The Morgan fingerprint density at radius 2 is 2.23 bits per heavy atom. The number of carbonyl (C=O) groups is 2. The first-order valence-corrected chi connectivity index (χ1v) is 9.05. The third kappa shape index (κ3) is 3.48. The predicted octanol–water partition coefficient (Wildman–Crippen LogP) is 2.51. The van der Waals surface area contributed by atoms with E-state index in [4.69, 9.17) is 0 Å². The van der Waals surface area contributed by atoms with Gasteiger partial charge in [0.15, 0.2) is 5.13 Å². The highest BCUT2D eigenvalue weighted by molar-refractivity contribution is 7.14. The van der Waals surface area contributed by atoms with Crippen LogP contribution in [0.3, 0.4) is 0 Å². The molecule has 1 saturated heterocycles. The molecular weight excluding hydrogens is 298 g/mol. The van der Waals surface area contributed by atoms with Crippen molar-refractivity contribution in [3.05, 3.63) is 11.1 Å². The van der Waals surface area contributed by atoms with Crippen LogP contribution in [0, 0.1) is 5.92 Å². The zero-order chi connectivity index (χ0) is 15.5. The van der Waals surface area contributed by atoms with Crippen LogP contribution in [0.1, 0.15) is 51.1 Å². The summed E-state index contributed by atoms with van der Waals surface area (Å²) in [4.78, 5) is 30.1. The van der Waals surface area contributed by atoms with Gasteiger partial charge in [-0.25, -0.2) is 4.98 Å². The second-order valence-electron chi connectivity index (χ2n) is 6.38. The Balaban J connectivity index is 1.55. The second kappa shape index (κ2) is 6.77. The molecule has 2 amide bonds. The Hall–Kier alpha value is -1.43. The van der Waals surface area contributed by atoms with Crippen LogP contribution in [-0.4, -0.2) is 29.4 Å². The van der Waals surface area contributed by atoms with Crippen molar-refractivity contribution in [1.29, 1.82) is 0 Å². The molecule has 2 heterocycles. The zero-order valence-electron chi connectivity index (χ0n) is 13.0. The van der Waals surface area contributed by atoms with E-state index in [1.54, 1.807) is 4.90 Å². The van der Waals surface area contributed by atoms with Gasteiger partial charge in [0, 0.05) is 24.4 Å². The van der Waals surface area contributed by atoms with Gasteiger partial charge in [-0.05, 0) is 25.2 Å². The molecule has 1 saturated carbocycles. The number of nitrogens with one attached hydrogen (secondary N) is 1. The van der Waals surface area contributed by atoms with Crippen LogP contribution < -0.4 is 10.2 Å². The number of rotatable bonds is 4. The molecule has 6 heteroatoms. The number of carbonyl (C=O) groups excluding carboxylic acids is 2. The minimum Gasteiger partial charge on any atom is -0.353 e. The molecule has 0 unspecified atom stereocenters. The average Bonchev–Trinajstić information content (AvgIpc) is 3.10. The summed E-state index contributed by atoms with van der Waals surface area (Å²) in [5.74, 6) is 0.746. The smallest absolute Gasteiger partial charge is 0.228 e. The fourth-order valence-corrected chi connectivity index (χ4v) is 4.17. The molecule has 2 fully saturated rings. The Kier molecular flexibility index (Phi) is 4.76. The van der Waals surface area contributed by atoms with Crippen LogP contribution in [0.25, 0.3) is 0 Å². The van der Waals surface area contributed by atoms with Gasteiger partial charge in [-0.15, -0.1) is 11.3 Å². The van der Waals surface area contributed by atoms with Gasteiger partial charge < -0.3 is 5.32 Å². The van der Waals surface area contributed by atoms with Crippen LogP contribution in [-0.2, 0) is 16.0 Å². The van der Waals surface area contributed by atoms with E-state index in [-0.39, 0.29) is 11.8 Å². The summed E-state index contributed by atoms with van der Waals surface area (Å²) >= 11 is 1.45. The first-order valence-electron chi connectivity index (χ1n) is 8.17. The summed E-state index contributed by atoms with van der Waals surface area (Å²) in [5.41, 5.74) is 0.765. The van der Waals surface area contributed by atoms with E-state index in [0.717, 1.165) is 30.2 Å². The minimum absolute atomic E-state index is 0.0448. The van der Waals surface area contributed by atoms with Gasteiger partial charge in [0.05, 0.1) is 12.1 Å². The average molecular weight is 321 g/mol. The lowest BCUT2D eigenvalue weighted by atomic mass is 9.86. The van der Waals surface area contributed by atoms with Gasteiger partial charge in [0.25, 0.3) is 0 Å². The molecule has 22 heavy (non-hydrogen) atoms. The molecule has 2 aliphatic rings. The molecule has 0 bridgehead atoms. The topological polar surface area (TPSA) is 62.3 Å². The summed E-state index contributed by atoms with van der Waals surface area (Å²) in [6.45, 7) is 2.96. The first kappa shape index (κ1) is 15.5. The van der Waals surface area contributed by atoms with Crippen molar-refractivity contribution in [3.8, 4) is 0 Å². The largest absolute Gasteiger partial charge is 0.353 e. The lowest BCUT2D eigenvalue weighted by Crippen LogP contribution is -2.41. The molecule has 3 rings (SSSR count). The first-order chi connectivity index (χ1) is 10.6. The standard InChI is InChI=1S/C16H23N3O2S/c1-11-5-2-3-6-13(11)18-14(20)9-12-10-22-16(17-12)19-8-4-7-15(19)21/h10-11,13H,2-9H2,1H3,(H,18,20)/t11-,13+/m0/s1. The number of amides is 2. The molecule has 120 valence electrons. The molecule has 0 aromatic carbocycles. The van der Waals surface area contributed by atoms with Crippen LogP contribution in [0.15, 0.2) is 5.38 Å². The molecule has 1 aliphatic carbocycles. The van der Waals surface area contributed by atoms with Crippen LogP contribution in [0.2, 0.25) is 0 Å². The van der Waals surface area contributed by atoms with E-state index < -0.39 is 0 Å². The maximum atomic E-state index is 12.2. The maximum absolute atomic E-state index is 12.2. The number of hydrogen-bond acceptors (Lipinski definition) is 4. The Bertz CT molecular complexity index is 557. The maximum Gasteiger partial charge on any atom is 0.228 e. The summed E-state index contributed by atoms with van der Waals surface area (Å²) in [7, 11) is 0. The van der Waals surface area contributed by atoms with Crippen molar-refractivity contribution in [1.82, 2.24) is 10.3 Å². The van der Waals surface area contributed by atoms with Gasteiger partial charge >= 0.3 is 0 Å². The summed E-state index contributed by atoms with van der Waals surface area (Å²) in [6.07, 6.45) is 6.56. The quantitative estimate of drug-likeness (QED) is 0.927. The Morgan fingerprint density at radius 1 is 1.41 bits per heavy atom.